The molecule has 2 heterocycles. The van der Waals surface area contributed by atoms with Gasteiger partial charge in [0.2, 0.25) is 0 Å². The minimum atomic E-state index is 0.194. The molecule has 0 saturated carbocycles. The molecule has 136 valence electrons. The SMILES string of the molecule is CON=C1CCOc2ccc(C)cc21.Cc1ccc2c(c1)C(=O)CCO2. The Bertz CT molecular complexity index is 842. The lowest BCUT2D eigenvalue weighted by molar-refractivity contribution is 0.0933. The van der Waals surface area contributed by atoms with Crippen molar-refractivity contribution in [3.63, 3.8) is 0 Å². The molecule has 0 spiro atoms. The number of hydrogen-bond acceptors (Lipinski definition) is 5. The third kappa shape index (κ3) is 4.04. The van der Waals surface area contributed by atoms with E-state index in [2.05, 4.69) is 18.1 Å². The summed E-state index contributed by atoms with van der Waals surface area (Å²) in [6.07, 6.45) is 1.32. The van der Waals surface area contributed by atoms with E-state index in [0.29, 0.717) is 19.6 Å². The number of ether oxygens (including phenoxy) is 2. The highest BCUT2D eigenvalue weighted by Crippen LogP contribution is 2.26. The molecular weight excluding hydrogens is 330 g/mol. The minimum Gasteiger partial charge on any atom is -0.492 e. The summed E-state index contributed by atoms with van der Waals surface area (Å²) in [5.74, 6) is 1.83. The second-order valence-corrected chi connectivity index (χ2v) is 6.34. The van der Waals surface area contributed by atoms with Crippen molar-refractivity contribution in [3.05, 3.63) is 58.7 Å². The van der Waals surface area contributed by atoms with Crippen LogP contribution in [-0.4, -0.2) is 31.8 Å². The molecule has 0 radical (unpaired) electrons. The summed E-state index contributed by atoms with van der Waals surface area (Å²) < 4.78 is 10.8. The quantitative estimate of drug-likeness (QED) is 0.725. The smallest absolute Gasteiger partial charge is 0.170 e. The average molecular weight is 353 g/mol. The lowest BCUT2D eigenvalue weighted by atomic mass is 10.0. The molecule has 5 nitrogen and oxygen atoms in total. The maximum atomic E-state index is 11.4. The van der Waals surface area contributed by atoms with E-state index < -0.39 is 0 Å². The highest BCUT2D eigenvalue weighted by atomic mass is 16.6. The molecule has 0 saturated heterocycles. The monoisotopic (exact) mass is 353 g/mol. The number of oxime groups is 1. The molecule has 0 N–H and O–H groups in total. The van der Waals surface area contributed by atoms with Gasteiger partial charge in [-0.15, -0.1) is 0 Å². The Morgan fingerprint density at radius 1 is 0.885 bits per heavy atom. The first-order valence-corrected chi connectivity index (χ1v) is 8.69. The fraction of sp³-hybridized carbons (Fsp3) is 0.333. The first-order chi connectivity index (χ1) is 12.6. The van der Waals surface area contributed by atoms with E-state index in [1.54, 1.807) is 7.11 Å². The van der Waals surface area contributed by atoms with E-state index in [0.717, 1.165) is 40.3 Å². The lowest BCUT2D eigenvalue weighted by Gasteiger charge is -2.18. The van der Waals surface area contributed by atoms with Gasteiger partial charge in [-0.2, -0.15) is 0 Å². The number of benzene rings is 2. The predicted octanol–water partition coefficient (Wildman–Crippen LogP) is 4.09. The summed E-state index contributed by atoms with van der Waals surface area (Å²) >= 11 is 0. The van der Waals surface area contributed by atoms with Crippen molar-refractivity contribution in [3.8, 4) is 11.5 Å². The zero-order valence-electron chi connectivity index (χ0n) is 15.4. The van der Waals surface area contributed by atoms with Crippen LogP contribution in [-0.2, 0) is 4.84 Å². The third-order valence-corrected chi connectivity index (χ3v) is 4.27. The van der Waals surface area contributed by atoms with Gasteiger partial charge in [-0.05, 0) is 38.1 Å². The molecular formula is C21H23NO4. The Labute approximate surface area is 153 Å². The fourth-order valence-electron chi connectivity index (χ4n) is 2.97. The number of carbonyl (C=O) groups is 1. The zero-order valence-corrected chi connectivity index (χ0v) is 15.4. The van der Waals surface area contributed by atoms with Crippen LogP contribution in [0.5, 0.6) is 11.5 Å². The molecule has 2 aliphatic rings. The maximum absolute atomic E-state index is 11.4. The van der Waals surface area contributed by atoms with Crippen LogP contribution >= 0.6 is 0 Å². The van der Waals surface area contributed by atoms with Crippen molar-refractivity contribution in [1.29, 1.82) is 0 Å². The van der Waals surface area contributed by atoms with Gasteiger partial charge in [-0.1, -0.05) is 28.4 Å². The molecule has 2 aliphatic heterocycles. The van der Waals surface area contributed by atoms with Gasteiger partial charge in [0.15, 0.2) is 5.78 Å². The number of nitrogens with zero attached hydrogens (tertiary/aromatic N) is 1. The van der Waals surface area contributed by atoms with E-state index in [1.165, 1.54) is 5.56 Å². The van der Waals surface area contributed by atoms with Gasteiger partial charge < -0.3 is 14.3 Å². The van der Waals surface area contributed by atoms with Gasteiger partial charge in [-0.3, -0.25) is 4.79 Å². The van der Waals surface area contributed by atoms with Crippen molar-refractivity contribution in [1.82, 2.24) is 0 Å². The van der Waals surface area contributed by atoms with Crippen LogP contribution in [0.4, 0.5) is 0 Å². The van der Waals surface area contributed by atoms with Crippen LogP contribution in [0.25, 0.3) is 0 Å². The summed E-state index contributed by atoms with van der Waals surface area (Å²) in [5, 5.41) is 4.00. The topological polar surface area (TPSA) is 57.1 Å². The van der Waals surface area contributed by atoms with Gasteiger partial charge in [0, 0.05) is 18.4 Å². The fourth-order valence-corrected chi connectivity index (χ4v) is 2.97. The van der Waals surface area contributed by atoms with Crippen LogP contribution in [0.3, 0.4) is 0 Å². The average Bonchev–Trinajstić information content (AvgIpc) is 2.64. The van der Waals surface area contributed by atoms with Crippen LogP contribution in [0, 0.1) is 13.8 Å². The molecule has 2 aromatic carbocycles. The normalized spacial score (nSPS) is 16.4. The Balaban J connectivity index is 0.000000152. The number of aryl methyl sites for hydroxylation is 2. The summed E-state index contributed by atoms with van der Waals surface area (Å²) in [5.41, 5.74) is 5.07. The molecule has 0 aliphatic carbocycles. The molecule has 0 fully saturated rings. The number of fused-ring (bicyclic) bond motifs is 2. The molecule has 0 aromatic heterocycles. The highest BCUT2D eigenvalue weighted by molar-refractivity contribution is 6.03. The second-order valence-electron chi connectivity index (χ2n) is 6.34. The molecule has 5 heteroatoms. The van der Waals surface area contributed by atoms with Crippen LogP contribution in [0.15, 0.2) is 41.6 Å². The predicted molar refractivity (Wildman–Crippen MR) is 100 cm³/mol. The maximum Gasteiger partial charge on any atom is 0.170 e. The first-order valence-electron chi connectivity index (χ1n) is 8.69. The number of rotatable bonds is 1. The number of hydrogen-bond donors (Lipinski definition) is 0. The minimum absolute atomic E-state index is 0.194. The Kier molecular flexibility index (Phi) is 5.56. The van der Waals surface area contributed by atoms with Crippen molar-refractivity contribution in [2.45, 2.75) is 26.7 Å². The van der Waals surface area contributed by atoms with Crippen LogP contribution in [0.2, 0.25) is 0 Å². The molecule has 26 heavy (non-hydrogen) atoms. The van der Waals surface area contributed by atoms with E-state index >= 15 is 0 Å². The lowest BCUT2D eigenvalue weighted by Crippen LogP contribution is -2.16. The molecule has 0 atom stereocenters. The van der Waals surface area contributed by atoms with Crippen molar-refractivity contribution in [2.24, 2.45) is 5.16 Å². The first kappa shape index (κ1) is 18.0. The van der Waals surface area contributed by atoms with Crippen molar-refractivity contribution in [2.75, 3.05) is 20.3 Å². The molecule has 0 amide bonds. The van der Waals surface area contributed by atoms with Crippen molar-refractivity contribution >= 4 is 11.5 Å². The Morgan fingerprint density at radius 2 is 1.46 bits per heavy atom. The van der Waals surface area contributed by atoms with E-state index in [1.807, 2.05) is 37.3 Å². The number of ketones is 1. The second kappa shape index (κ2) is 8.04. The standard InChI is InChI=1S/C11H13NO2.C10H10O2/c1-8-3-4-11-9(7-8)10(12-13-2)5-6-14-11;1-7-2-3-10-8(6-7)9(11)4-5-12-10/h3-4,7H,5-6H2,1-2H3;2-3,6H,4-5H2,1H3. The number of carbonyl (C=O) groups excluding carboxylic acids is 1. The molecule has 4 rings (SSSR count). The van der Waals surface area contributed by atoms with E-state index in [-0.39, 0.29) is 5.78 Å². The van der Waals surface area contributed by atoms with Gasteiger partial charge in [0.05, 0.1) is 24.5 Å². The van der Waals surface area contributed by atoms with E-state index in [4.69, 9.17) is 14.3 Å². The molecule has 2 aromatic rings. The molecule has 0 bridgehead atoms. The largest absolute Gasteiger partial charge is 0.492 e. The Morgan fingerprint density at radius 3 is 2.12 bits per heavy atom. The summed E-state index contributed by atoms with van der Waals surface area (Å²) in [6, 6.07) is 11.8. The van der Waals surface area contributed by atoms with Crippen LogP contribution < -0.4 is 9.47 Å². The van der Waals surface area contributed by atoms with Crippen LogP contribution in [0.1, 0.15) is 39.9 Å². The van der Waals surface area contributed by atoms with Gasteiger partial charge in [0.25, 0.3) is 0 Å². The summed E-state index contributed by atoms with van der Waals surface area (Å²) in [6.45, 7) is 5.23. The van der Waals surface area contributed by atoms with Gasteiger partial charge in [0.1, 0.15) is 18.6 Å². The Hall–Kier alpha value is -2.82. The highest BCUT2D eigenvalue weighted by Gasteiger charge is 2.18. The summed E-state index contributed by atoms with van der Waals surface area (Å²) in [7, 11) is 1.57. The molecule has 0 unspecified atom stereocenters. The van der Waals surface area contributed by atoms with E-state index in [9.17, 15) is 4.79 Å². The number of Topliss-reactive ketones (excluding diaryl/α,β-unsaturated/α-hetero) is 1. The zero-order chi connectivity index (χ0) is 18.5. The summed E-state index contributed by atoms with van der Waals surface area (Å²) in [4.78, 5) is 16.2. The third-order valence-electron chi connectivity index (χ3n) is 4.27. The van der Waals surface area contributed by atoms with Gasteiger partial charge >= 0.3 is 0 Å². The van der Waals surface area contributed by atoms with Gasteiger partial charge in [-0.25, -0.2) is 0 Å². The van der Waals surface area contributed by atoms with Crippen molar-refractivity contribution < 1.29 is 19.1 Å².